The zero-order chi connectivity index (χ0) is 24.8. The maximum absolute atomic E-state index is 12.6. The highest BCUT2D eigenvalue weighted by atomic mass is 79.9. The average Bonchev–Trinajstić information content (AvgIpc) is 3.23. The Hall–Kier alpha value is -3.13. The first-order chi connectivity index (χ1) is 16.9. The van der Waals surface area contributed by atoms with Gasteiger partial charge in [-0.1, -0.05) is 52.3 Å². The molecular weight excluding hydrogens is 512 g/mol. The van der Waals surface area contributed by atoms with Crippen molar-refractivity contribution in [2.45, 2.75) is 32.6 Å². The summed E-state index contributed by atoms with van der Waals surface area (Å²) in [7, 11) is 0. The minimum Gasteiger partial charge on any atom is -0.481 e. The molecule has 8 heteroatoms. The number of nitrogens with zero attached hydrogens (tertiary/aromatic N) is 2. The predicted octanol–water partition coefficient (Wildman–Crippen LogP) is 5.75. The fraction of sp³-hybridized carbons (Fsp3) is 0.370. The van der Waals surface area contributed by atoms with Gasteiger partial charge >= 0.3 is 12.1 Å². The molecule has 1 fully saturated rings. The Morgan fingerprint density at radius 1 is 1.17 bits per heavy atom. The number of aliphatic carboxylic acids is 1. The highest BCUT2D eigenvalue weighted by Crippen LogP contribution is 2.29. The predicted molar refractivity (Wildman–Crippen MR) is 135 cm³/mol. The topological polar surface area (TPSA) is 92.9 Å². The van der Waals surface area contributed by atoms with Gasteiger partial charge in [-0.15, -0.1) is 0 Å². The van der Waals surface area contributed by atoms with E-state index in [4.69, 9.17) is 9.15 Å². The van der Waals surface area contributed by atoms with Crippen molar-refractivity contribution in [3.8, 4) is 11.5 Å². The van der Waals surface area contributed by atoms with E-state index in [0.29, 0.717) is 50.4 Å². The lowest BCUT2D eigenvalue weighted by Gasteiger charge is -2.34. The van der Waals surface area contributed by atoms with Crippen molar-refractivity contribution in [3.05, 3.63) is 76.1 Å². The van der Waals surface area contributed by atoms with Crippen LogP contribution < -0.4 is 0 Å². The van der Waals surface area contributed by atoms with Crippen molar-refractivity contribution >= 4 is 28.0 Å². The molecule has 1 amide bonds. The summed E-state index contributed by atoms with van der Waals surface area (Å²) >= 11 is 3.45. The third kappa shape index (κ3) is 6.51. The van der Waals surface area contributed by atoms with Crippen molar-refractivity contribution in [3.63, 3.8) is 0 Å². The van der Waals surface area contributed by atoms with E-state index in [1.165, 1.54) is 0 Å². The lowest BCUT2D eigenvalue weighted by Crippen LogP contribution is -2.42. The van der Waals surface area contributed by atoms with Crippen LogP contribution in [0.15, 0.2) is 63.5 Å². The van der Waals surface area contributed by atoms with Crippen LogP contribution in [0.1, 0.15) is 29.9 Å². The van der Waals surface area contributed by atoms with Crippen molar-refractivity contribution in [1.29, 1.82) is 0 Å². The highest BCUT2D eigenvalue weighted by molar-refractivity contribution is 9.10. The number of carboxylic acid groups (broad SMARTS) is 1. The van der Waals surface area contributed by atoms with E-state index in [0.717, 1.165) is 21.3 Å². The van der Waals surface area contributed by atoms with E-state index in [1.807, 2.05) is 61.5 Å². The number of hydrogen-bond acceptors (Lipinski definition) is 5. The fourth-order valence-electron chi connectivity index (χ4n) is 4.54. The van der Waals surface area contributed by atoms with Crippen LogP contribution in [0.5, 0.6) is 0 Å². The van der Waals surface area contributed by atoms with Gasteiger partial charge in [-0.05, 0) is 55.9 Å². The zero-order valence-electron chi connectivity index (χ0n) is 19.7. The number of aryl methyl sites for hydroxylation is 1. The fourth-order valence-corrected chi connectivity index (χ4v) is 4.94. The van der Waals surface area contributed by atoms with Gasteiger partial charge in [-0.3, -0.25) is 4.79 Å². The van der Waals surface area contributed by atoms with Gasteiger partial charge in [0.1, 0.15) is 5.76 Å². The molecule has 1 aliphatic rings. The number of rotatable bonds is 8. The number of carbonyl (C=O) groups excluding carboxylic acids is 1. The molecular formula is C27H29BrN2O5. The van der Waals surface area contributed by atoms with Crippen LogP contribution in [-0.2, 0) is 22.4 Å². The Balaban J connectivity index is 1.25. The number of piperidine rings is 1. The zero-order valence-corrected chi connectivity index (χ0v) is 21.2. The van der Waals surface area contributed by atoms with Gasteiger partial charge in [-0.2, -0.15) is 0 Å². The monoisotopic (exact) mass is 540 g/mol. The highest BCUT2D eigenvalue weighted by Gasteiger charge is 2.33. The Kier molecular flexibility index (Phi) is 8.23. The maximum Gasteiger partial charge on any atom is 0.409 e. The second-order valence-corrected chi connectivity index (χ2v) is 9.77. The van der Waals surface area contributed by atoms with E-state index >= 15 is 0 Å². The Labute approximate surface area is 213 Å². The Morgan fingerprint density at radius 2 is 1.91 bits per heavy atom. The summed E-state index contributed by atoms with van der Waals surface area (Å²) in [5.74, 6) is 0.0434. The molecule has 1 aromatic heterocycles. The second kappa shape index (κ2) is 11.5. The summed E-state index contributed by atoms with van der Waals surface area (Å²) in [4.78, 5) is 30.7. The summed E-state index contributed by atoms with van der Waals surface area (Å²) in [6.45, 7) is 3.05. The maximum atomic E-state index is 12.6. The molecule has 0 radical (unpaired) electrons. The molecule has 0 spiro atoms. The molecule has 35 heavy (non-hydrogen) atoms. The van der Waals surface area contributed by atoms with Crippen LogP contribution in [0.3, 0.4) is 0 Å². The SMILES string of the molecule is Cc1oc(-c2cccc(Br)c2)nc1CCOC(=O)N1CCC(C(Cc2ccccc2)C(=O)O)CC1. The van der Waals surface area contributed by atoms with Gasteiger partial charge in [0, 0.05) is 29.5 Å². The molecule has 1 saturated heterocycles. The number of carboxylic acids is 1. The number of aromatic nitrogens is 1. The molecule has 2 aromatic carbocycles. The van der Waals surface area contributed by atoms with Gasteiger partial charge in [-0.25, -0.2) is 9.78 Å². The first-order valence-corrected chi connectivity index (χ1v) is 12.6. The number of carbonyl (C=O) groups is 2. The number of hydrogen-bond donors (Lipinski definition) is 1. The summed E-state index contributed by atoms with van der Waals surface area (Å²) in [6, 6.07) is 17.4. The Bertz CT molecular complexity index is 1160. The molecule has 0 aliphatic carbocycles. The van der Waals surface area contributed by atoms with E-state index < -0.39 is 11.9 Å². The lowest BCUT2D eigenvalue weighted by atomic mass is 9.81. The molecule has 4 rings (SSSR count). The minimum absolute atomic E-state index is 0.0333. The summed E-state index contributed by atoms with van der Waals surface area (Å²) in [5, 5.41) is 9.78. The van der Waals surface area contributed by atoms with Crippen molar-refractivity contribution in [2.75, 3.05) is 19.7 Å². The number of benzene rings is 2. The van der Waals surface area contributed by atoms with E-state index in [1.54, 1.807) is 4.90 Å². The number of likely N-dealkylation sites (tertiary alicyclic amines) is 1. The smallest absolute Gasteiger partial charge is 0.409 e. The molecule has 1 aliphatic heterocycles. The van der Waals surface area contributed by atoms with E-state index in [9.17, 15) is 14.7 Å². The molecule has 0 bridgehead atoms. The summed E-state index contributed by atoms with van der Waals surface area (Å²) < 4.78 is 12.2. The van der Waals surface area contributed by atoms with E-state index in [2.05, 4.69) is 20.9 Å². The molecule has 0 saturated carbocycles. The van der Waals surface area contributed by atoms with Gasteiger partial charge in [0.15, 0.2) is 0 Å². The standard InChI is InChI=1S/C27H29BrN2O5/c1-18-24(29-25(35-18)21-8-5-9-22(28)17-21)12-15-34-27(33)30-13-10-20(11-14-30)23(26(31)32)16-19-6-3-2-4-7-19/h2-9,17,20,23H,10-16H2,1H3,(H,31,32). The molecule has 184 valence electrons. The van der Waals surface area contributed by atoms with Crippen LogP contribution in [0.25, 0.3) is 11.5 Å². The first-order valence-electron chi connectivity index (χ1n) is 11.8. The van der Waals surface area contributed by atoms with E-state index in [-0.39, 0.29) is 18.6 Å². The first kappa shape index (κ1) is 25.0. The number of amides is 1. The summed E-state index contributed by atoms with van der Waals surface area (Å²) in [6.07, 6.45) is 1.90. The van der Waals surface area contributed by atoms with Crippen LogP contribution in [-0.4, -0.2) is 46.7 Å². The van der Waals surface area contributed by atoms with Gasteiger partial charge in [0.25, 0.3) is 0 Å². The number of oxazole rings is 1. The minimum atomic E-state index is -0.778. The third-order valence-electron chi connectivity index (χ3n) is 6.51. The number of halogens is 1. The van der Waals surface area contributed by atoms with Crippen molar-refractivity contribution in [1.82, 2.24) is 9.88 Å². The quantitative estimate of drug-likeness (QED) is 0.391. The summed E-state index contributed by atoms with van der Waals surface area (Å²) in [5.41, 5.74) is 2.66. The normalized spacial score (nSPS) is 15.1. The second-order valence-electron chi connectivity index (χ2n) is 8.86. The van der Waals surface area contributed by atoms with Gasteiger partial charge < -0.3 is 19.2 Å². The van der Waals surface area contributed by atoms with Gasteiger partial charge in [0.05, 0.1) is 18.2 Å². The van der Waals surface area contributed by atoms with Crippen LogP contribution >= 0.6 is 15.9 Å². The molecule has 2 heterocycles. The lowest BCUT2D eigenvalue weighted by molar-refractivity contribution is -0.144. The molecule has 1 atom stereocenters. The Morgan fingerprint density at radius 3 is 2.60 bits per heavy atom. The molecule has 1 N–H and O–H groups in total. The van der Waals surface area contributed by atoms with Crippen LogP contribution in [0, 0.1) is 18.8 Å². The third-order valence-corrected chi connectivity index (χ3v) is 7.00. The molecule has 1 unspecified atom stereocenters. The van der Waals surface area contributed by atoms with Crippen molar-refractivity contribution < 1.29 is 23.8 Å². The van der Waals surface area contributed by atoms with Crippen LogP contribution in [0.2, 0.25) is 0 Å². The van der Waals surface area contributed by atoms with Crippen molar-refractivity contribution in [2.24, 2.45) is 11.8 Å². The largest absolute Gasteiger partial charge is 0.481 e. The number of ether oxygens (including phenoxy) is 1. The van der Waals surface area contributed by atoms with Crippen LogP contribution in [0.4, 0.5) is 4.79 Å². The van der Waals surface area contributed by atoms with Gasteiger partial charge in [0.2, 0.25) is 5.89 Å². The molecule has 3 aromatic rings. The average molecular weight is 541 g/mol. The molecule has 7 nitrogen and oxygen atoms in total.